The fourth-order valence-corrected chi connectivity index (χ4v) is 2.63. The Morgan fingerprint density at radius 1 is 1.20 bits per heavy atom. The molecule has 2 nitrogen and oxygen atoms in total. The number of nitrogens with one attached hydrogen (secondary N) is 1. The van der Waals surface area contributed by atoms with Crippen molar-refractivity contribution in [2.45, 2.75) is 26.4 Å². The number of rotatable bonds is 5. The molecule has 0 heterocycles. The topological polar surface area (TPSA) is 21.3 Å². The fraction of sp³-hybridized carbons (Fsp3) is 0.294. The van der Waals surface area contributed by atoms with Crippen molar-refractivity contribution in [2.75, 3.05) is 7.11 Å². The molecule has 2 aromatic rings. The summed E-state index contributed by atoms with van der Waals surface area (Å²) >= 11 is 3.51. The molecule has 1 N–H and O–H groups in total. The van der Waals surface area contributed by atoms with E-state index in [9.17, 15) is 0 Å². The second kappa shape index (κ2) is 6.91. The van der Waals surface area contributed by atoms with Gasteiger partial charge in [0.25, 0.3) is 0 Å². The van der Waals surface area contributed by atoms with Crippen molar-refractivity contribution in [1.29, 1.82) is 0 Å². The second-order valence-electron chi connectivity index (χ2n) is 4.96. The van der Waals surface area contributed by atoms with E-state index in [4.69, 9.17) is 4.74 Å². The second-order valence-corrected chi connectivity index (χ2v) is 5.88. The molecule has 0 fully saturated rings. The van der Waals surface area contributed by atoms with Gasteiger partial charge in [0, 0.05) is 17.1 Å². The third kappa shape index (κ3) is 3.84. The van der Waals surface area contributed by atoms with Crippen molar-refractivity contribution < 1.29 is 4.74 Å². The highest BCUT2D eigenvalue weighted by Gasteiger charge is 2.06. The Morgan fingerprint density at radius 2 is 2.00 bits per heavy atom. The molecule has 2 rings (SSSR count). The zero-order valence-corrected chi connectivity index (χ0v) is 13.7. The highest BCUT2D eigenvalue weighted by molar-refractivity contribution is 9.10. The Labute approximate surface area is 129 Å². The summed E-state index contributed by atoms with van der Waals surface area (Å²) in [5.41, 5.74) is 3.72. The first-order valence-corrected chi connectivity index (χ1v) is 7.52. The Bertz CT molecular complexity index is 583. The molecular formula is C17H20BrNO. The van der Waals surface area contributed by atoms with E-state index in [0.29, 0.717) is 6.04 Å². The molecule has 0 saturated heterocycles. The third-order valence-electron chi connectivity index (χ3n) is 3.42. The Balaban J connectivity index is 1.99. The van der Waals surface area contributed by atoms with Gasteiger partial charge < -0.3 is 10.1 Å². The van der Waals surface area contributed by atoms with Crippen LogP contribution in [0.15, 0.2) is 46.9 Å². The molecule has 0 bridgehead atoms. The van der Waals surface area contributed by atoms with E-state index in [2.05, 4.69) is 65.4 Å². The average molecular weight is 334 g/mol. The summed E-state index contributed by atoms with van der Waals surface area (Å²) in [6.07, 6.45) is 0. The van der Waals surface area contributed by atoms with Gasteiger partial charge in [-0.05, 0) is 48.7 Å². The molecule has 0 aliphatic carbocycles. The van der Waals surface area contributed by atoms with Gasteiger partial charge in [-0.2, -0.15) is 0 Å². The number of hydrogen-bond acceptors (Lipinski definition) is 2. The molecule has 0 spiro atoms. The van der Waals surface area contributed by atoms with Crippen LogP contribution < -0.4 is 10.1 Å². The molecule has 1 atom stereocenters. The molecule has 2 aromatic carbocycles. The smallest absolute Gasteiger partial charge is 0.121 e. The van der Waals surface area contributed by atoms with E-state index in [1.165, 1.54) is 16.7 Å². The Morgan fingerprint density at radius 3 is 2.65 bits per heavy atom. The first-order valence-electron chi connectivity index (χ1n) is 6.72. The zero-order chi connectivity index (χ0) is 14.5. The van der Waals surface area contributed by atoms with Crippen LogP contribution in [0.4, 0.5) is 0 Å². The van der Waals surface area contributed by atoms with Crippen molar-refractivity contribution in [2.24, 2.45) is 0 Å². The Kier molecular flexibility index (Phi) is 5.21. The quantitative estimate of drug-likeness (QED) is 0.862. The van der Waals surface area contributed by atoms with Gasteiger partial charge in [-0.15, -0.1) is 0 Å². The summed E-state index contributed by atoms with van der Waals surface area (Å²) in [5, 5.41) is 3.55. The van der Waals surface area contributed by atoms with Crippen molar-refractivity contribution in [3.63, 3.8) is 0 Å². The molecular weight excluding hydrogens is 314 g/mol. The summed E-state index contributed by atoms with van der Waals surface area (Å²) in [6, 6.07) is 15.0. The van der Waals surface area contributed by atoms with Gasteiger partial charge >= 0.3 is 0 Å². The van der Waals surface area contributed by atoms with Gasteiger partial charge in [0.1, 0.15) is 5.75 Å². The first kappa shape index (κ1) is 15.1. The van der Waals surface area contributed by atoms with Crippen LogP contribution in [0.2, 0.25) is 0 Å². The molecule has 20 heavy (non-hydrogen) atoms. The third-order valence-corrected chi connectivity index (χ3v) is 3.91. The maximum Gasteiger partial charge on any atom is 0.121 e. The monoisotopic (exact) mass is 333 g/mol. The number of ether oxygens (including phenoxy) is 1. The zero-order valence-electron chi connectivity index (χ0n) is 12.1. The van der Waals surface area contributed by atoms with Crippen LogP contribution in [0.1, 0.15) is 29.7 Å². The van der Waals surface area contributed by atoms with Gasteiger partial charge in [0.2, 0.25) is 0 Å². The fourth-order valence-electron chi connectivity index (χ4n) is 2.22. The highest BCUT2D eigenvalue weighted by Crippen LogP contribution is 2.20. The van der Waals surface area contributed by atoms with Gasteiger partial charge in [-0.25, -0.2) is 0 Å². The van der Waals surface area contributed by atoms with Crippen LogP contribution in [-0.4, -0.2) is 7.11 Å². The molecule has 0 saturated carbocycles. The van der Waals surface area contributed by atoms with Crippen LogP contribution in [0.5, 0.6) is 5.75 Å². The summed E-state index contributed by atoms with van der Waals surface area (Å²) < 4.78 is 6.40. The van der Waals surface area contributed by atoms with E-state index < -0.39 is 0 Å². The first-order chi connectivity index (χ1) is 9.60. The number of halogens is 1. The molecule has 3 heteroatoms. The molecule has 0 unspecified atom stereocenters. The minimum absolute atomic E-state index is 0.315. The van der Waals surface area contributed by atoms with Gasteiger partial charge in [0.15, 0.2) is 0 Å². The van der Waals surface area contributed by atoms with Gasteiger partial charge in [-0.3, -0.25) is 0 Å². The minimum atomic E-state index is 0.315. The lowest BCUT2D eigenvalue weighted by Gasteiger charge is -2.15. The highest BCUT2D eigenvalue weighted by atomic mass is 79.9. The molecule has 0 aromatic heterocycles. The summed E-state index contributed by atoms with van der Waals surface area (Å²) in [4.78, 5) is 0. The number of methoxy groups -OCH3 is 1. The summed E-state index contributed by atoms with van der Waals surface area (Å²) in [6.45, 7) is 5.09. The maximum atomic E-state index is 5.28. The number of benzene rings is 2. The number of hydrogen-bond donors (Lipinski definition) is 1. The van der Waals surface area contributed by atoms with Gasteiger partial charge in [-0.1, -0.05) is 40.2 Å². The van der Waals surface area contributed by atoms with E-state index in [0.717, 1.165) is 16.8 Å². The normalized spacial score (nSPS) is 12.2. The summed E-state index contributed by atoms with van der Waals surface area (Å²) in [7, 11) is 1.70. The molecule has 106 valence electrons. The largest absolute Gasteiger partial charge is 0.496 e. The van der Waals surface area contributed by atoms with Crippen LogP contribution in [0, 0.1) is 6.92 Å². The Hall–Kier alpha value is -1.32. The summed E-state index contributed by atoms with van der Waals surface area (Å²) in [5.74, 6) is 0.939. The maximum absolute atomic E-state index is 5.28. The SMILES string of the molecule is COc1ccc(CN[C@H](C)c2cccc(Br)c2)cc1C. The van der Waals surface area contributed by atoms with Crippen LogP contribution in [0.25, 0.3) is 0 Å². The molecule has 0 radical (unpaired) electrons. The van der Waals surface area contributed by atoms with Gasteiger partial charge in [0.05, 0.1) is 7.11 Å². The van der Waals surface area contributed by atoms with Crippen LogP contribution in [-0.2, 0) is 6.54 Å². The number of aryl methyl sites for hydroxylation is 1. The molecule has 0 aliphatic rings. The van der Waals surface area contributed by atoms with Crippen molar-refractivity contribution in [3.8, 4) is 5.75 Å². The molecule has 0 amide bonds. The van der Waals surface area contributed by atoms with Crippen molar-refractivity contribution in [3.05, 3.63) is 63.6 Å². The molecule has 0 aliphatic heterocycles. The predicted molar refractivity (Wildman–Crippen MR) is 87.1 cm³/mol. The predicted octanol–water partition coefficient (Wildman–Crippen LogP) is 4.62. The average Bonchev–Trinajstić information content (AvgIpc) is 2.45. The lowest BCUT2D eigenvalue weighted by atomic mass is 10.1. The lowest BCUT2D eigenvalue weighted by Crippen LogP contribution is -2.18. The standard InChI is InChI=1S/C17H20BrNO/c1-12-9-14(7-8-17(12)20-3)11-19-13(2)15-5-4-6-16(18)10-15/h4-10,13,19H,11H2,1-3H3/t13-/m1/s1. The van der Waals surface area contributed by atoms with Crippen LogP contribution >= 0.6 is 15.9 Å². The van der Waals surface area contributed by atoms with Crippen molar-refractivity contribution in [1.82, 2.24) is 5.32 Å². The van der Waals surface area contributed by atoms with E-state index >= 15 is 0 Å². The van der Waals surface area contributed by atoms with E-state index in [1.807, 2.05) is 12.1 Å². The van der Waals surface area contributed by atoms with E-state index in [-0.39, 0.29) is 0 Å². The minimum Gasteiger partial charge on any atom is -0.496 e. The van der Waals surface area contributed by atoms with E-state index in [1.54, 1.807) is 7.11 Å². The lowest BCUT2D eigenvalue weighted by molar-refractivity contribution is 0.411. The van der Waals surface area contributed by atoms with Crippen LogP contribution in [0.3, 0.4) is 0 Å². The van der Waals surface area contributed by atoms with Crippen molar-refractivity contribution >= 4 is 15.9 Å².